The number of hydrogen-bond donors (Lipinski definition) is 0. The molecule has 0 amide bonds. The molecule has 0 N–H and O–H groups in total. The van der Waals surface area contributed by atoms with Gasteiger partial charge >= 0.3 is 0 Å². The first kappa shape index (κ1) is 10.7. The Bertz CT molecular complexity index is 615. The first-order valence-corrected chi connectivity index (χ1v) is 5.49. The van der Waals surface area contributed by atoms with Crippen molar-refractivity contribution >= 4 is 11.3 Å². The lowest BCUT2D eigenvalue weighted by molar-refractivity contribution is 0.628. The van der Waals surface area contributed by atoms with Crippen molar-refractivity contribution in [1.82, 2.24) is 10.4 Å². The highest BCUT2D eigenvalue weighted by Crippen LogP contribution is 2.23. The summed E-state index contributed by atoms with van der Waals surface area (Å²) in [6.45, 7) is 0. The molecule has 0 fully saturated rings. The number of hydrogen-bond acceptors (Lipinski definition) is 2. The molecule has 0 atom stereocenters. The molecule has 2 aromatic rings. The molecule has 1 radical (unpaired) electrons. The average molecular weight is 238 g/mol. The fraction of sp³-hybridized carbons (Fsp3) is 0. The summed E-state index contributed by atoms with van der Waals surface area (Å²) in [5.74, 6) is -0.260. The van der Waals surface area contributed by atoms with Crippen molar-refractivity contribution in [2.45, 2.75) is 0 Å². The van der Waals surface area contributed by atoms with E-state index in [4.69, 9.17) is 0 Å². The first-order chi connectivity index (χ1) is 8.84. The number of halogens is 1. The minimum absolute atomic E-state index is 0.260. The van der Waals surface area contributed by atoms with Crippen LogP contribution in [0.15, 0.2) is 60.1 Å². The highest BCUT2D eigenvalue weighted by Gasteiger charge is 2.17. The zero-order valence-electron chi connectivity index (χ0n) is 9.42. The second-order valence-corrected chi connectivity index (χ2v) is 3.85. The summed E-state index contributed by atoms with van der Waals surface area (Å²) in [7, 11) is 0. The normalized spacial score (nSPS) is 13.8. The van der Waals surface area contributed by atoms with Crippen LogP contribution in [0.5, 0.6) is 0 Å². The molecule has 1 aromatic heterocycles. The molecule has 3 rings (SSSR count). The maximum absolute atomic E-state index is 12.9. The Labute approximate surface area is 104 Å². The van der Waals surface area contributed by atoms with E-state index in [1.165, 1.54) is 12.1 Å². The van der Waals surface area contributed by atoms with Crippen LogP contribution in [-0.4, -0.2) is 10.7 Å². The standard InChI is InChI=1S/C14H9FN3/c15-12-3-1-11(2-4-12)14-13(9-17-18-14)10-5-7-16-8-6-10/h1-9H. The van der Waals surface area contributed by atoms with Crippen LogP contribution in [0.25, 0.3) is 5.57 Å². The molecule has 0 aliphatic carbocycles. The Balaban J connectivity index is 1.99. The van der Waals surface area contributed by atoms with E-state index in [-0.39, 0.29) is 5.82 Å². The van der Waals surface area contributed by atoms with Crippen LogP contribution in [0.2, 0.25) is 0 Å². The van der Waals surface area contributed by atoms with Gasteiger partial charge in [0.15, 0.2) is 0 Å². The summed E-state index contributed by atoms with van der Waals surface area (Å²) in [6.07, 6.45) is 5.14. The molecule has 87 valence electrons. The molecule has 0 spiro atoms. The predicted molar refractivity (Wildman–Crippen MR) is 67.3 cm³/mol. The van der Waals surface area contributed by atoms with Gasteiger partial charge in [0.2, 0.25) is 0 Å². The molecule has 1 aromatic carbocycles. The van der Waals surface area contributed by atoms with Crippen molar-refractivity contribution in [2.75, 3.05) is 0 Å². The number of allylic oxidation sites excluding steroid dienone is 1. The van der Waals surface area contributed by atoms with E-state index in [1.54, 1.807) is 30.7 Å². The molecule has 1 aliphatic rings. The second kappa shape index (κ2) is 4.41. The van der Waals surface area contributed by atoms with Gasteiger partial charge < -0.3 is 0 Å². The lowest BCUT2D eigenvalue weighted by Crippen LogP contribution is -2.01. The van der Waals surface area contributed by atoms with Gasteiger partial charge in [0.05, 0.1) is 6.20 Å². The Morgan fingerprint density at radius 3 is 2.28 bits per heavy atom. The predicted octanol–water partition coefficient (Wildman–Crippen LogP) is 2.58. The van der Waals surface area contributed by atoms with Gasteiger partial charge in [-0.15, -0.1) is 5.10 Å². The van der Waals surface area contributed by atoms with Crippen LogP contribution < -0.4 is 5.43 Å². The molecule has 2 heterocycles. The van der Waals surface area contributed by atoms with E-state index in [0.717, 1.165) is 22.4 Å². The molecule has 3 nitrogen and oxygen atoms in total. The zero-order valence-corrected chi connectivity index (χ0v) is 9.42. The van der Waals surface area contributed by atoms with Crippen molar-refractivity contribution in [3.63, 3.8) is 0 Å². The Morgan fingerprint density at radius 2 is 1.56 bits per heavy atom. The van der Waals surface area contributed by atoms with Crippen LogP contribution in [0, 0.1) is 5.82 Å². The lowest BCUT2D eigenvalue weighted by atomic mass is 9.98. The molecular formula is C14H9FN3. The van der Waals surface area contributed by atoms with Crippen molar-refractivity contribution in [1.29, 1.82) is 0 Å². The highest BCUT2D eigenvalue weighted by molar-refractivity contribution is 6.32. The van der Waals surface area contributed by atoms with Crippen LogP contribution in [0.1, 0.15) is 11.1 Å². The fourth-order valence-corrected chi connectivity index (χ4v) is 1.82. The SMILES string of the molecule is Fc1ccc(C2=N[N]C=C2c2ccncc2)cc1. The van der Waals surface area contributed by atoms with Crippen LogP contribution in [-0.2, 0) is 0 Å². The van der Waals surface area contributed by atoms with Gasteiger partial charge in [0.25, 0.3) is 0 Å². The van der Waals surface area contributed by atoms with Crippen LogP contribution in [0.3, 0.4) is 0 Å². The Hall–Kier alpha value is -2.49. The van der Waals surface area contributed by atoms with Gasteiger partial charge in [-0.25, -0.2) is 4.39 Å². The third-order valence-corrected chi connectivity index (χ3v) is 2.71. The number of aromatic nitrogens is 1. The number of pyridine rings is 1. The van der Waals surface area contributed by atoms with Gasteiger partial charge in [-0.05, 0) is 42.0 Å². The van der Waals surface area contributed by atoms with Crippen molar-refractivity contribution in [3.8, 4) is 0 Å². The first-order valence-electron chi connectivity index (χ1n) is 5.49. The lowest BCUT2D eigenvalue weighted by Gasteiger charge is -2.05. The van der Waals surface area contributed by atoms with Crippen LogP contribution >= 0.6 is 0 Å². The maximum atomic E-state index is 12.9. The van der Waals surface area contributed by atoms with Crippen molar-refractivity contribution in [3.05, 3.63) is 71.9 Å². The van der Waals surface area contributed by atoms with Gasteiger partial charge in [0, 0.05) is 23.5 Å². The largest absolute Gasteiger partial charge is 0.265 e. The molecule has 0 bridgehead atoms. The zero-order chi connectivity index (χ0) is 12.4. The number of rotatable bonds is 2. The van der Waals surface area contributed by atoms with E-state index in [2.05, 4.69) is 15.5 Å². The van der Waals surface area contributed by atoms with E-state index >= 15 is 0 Å². The summed E-state index contributed by atoms with van der Waals surface area (Å²) in [5.41, 5.74) is 7.45. The minimum Gasteiger partial charge on any atom is -0.265 e. The third-order valence-electron chi connectivity index (χ3n) is 2.71. The van der Waals surface area contributed by atoms with Gasteiger partial charge in [-0.1, -0.05) is 0 Å². The third kappa shape index (κ3) is 1.88. The van der Waals surface area contributed by atoms with Gasteiger partial charge in [-0.3, -0.25) is 4.98 Å². The van der Waals surface area contributed by atoms with Crippen molar-refractivity contribution < 1.29 is 4.39 Å². The molecule has 0 unspecified atom stereocenters. The highest BCUT2D eigenvalue weighted by atomic mass is 19.1. The Kier molecular flexibility index (Phi) is 2.61. The smallest absolute Gasteiger partial charge is 0.123 e. The van der Waals surface area contributed by atoms with Gasteiger partial charge in [-0.2, -0.15) is 5.43 Å². The molecule has 0 saturated heterocycles. The van der Waals surface area contributed by atoms with E-state index in [0.29, 0.717) is 0 Å². The maximum Gasteiger partial charge on any atom is 0.123 e. The molecule has 18 heavy (non-hydrogen) atoms. The van der Waals surface area contributed by atoms with Gasteiger partial charge in [0.1, 0.15) is 11.5 Å². The summed E-state index contributed by atoms with van der Waals surface area (Å²) in [6, 6.07) is 10.0. The monoisotopic (exact) mass is 238 g/mol. The molecular weight excluding hydrogens is 229 g/mol. The van der Waals surface area contributed by atoms with E-state index < -0.39 is 0 Å². The summed E-state index contributed by atoms with van der Waals surface area (Å²) in [5, 5.41) is 4.10. The number of nitrogens with zero attached hydrogens (tertiary/aromatic N) is 3. The topological polar surface area (TPSA) is 39.4 Å². The average Bonchev–Trinajstić information content (AvgIpc) is 2.90. The second-order valence-electron chi connectivity index (χ2n) is 3.85. The van der Waals surface area contributed by atoms with E-state index in [1.807, 2.05) is 12.1 Å². The summed E-state index contributed by atoms with van der Waals surface area (Å²) < 4.78 is 12.9. The summed E-state index contributed by atoms with van der Waals surface area (Å²) >= 11 is 0. The Morgan fingerprint density at radius 1 is 0.833 bits per heavy atom. The number of benzene rings is 1. The summed E-state index contributed by atoms with van der Waals surface area (Å²) in [4.78, 5) is 3.98. The fourth-order valence-electron chi connectivity index (χ4n) is 1.82. The molecule has 4 heteroatoms. The van der Waals surface area contributed by atoms with E-state index in [9.17, 15) is 4.39 Å². The molecule has 0 saturated carbocycles. The van der Waals surface area contributed by atoms with Crippen molar-refractivity contribution in [2.24, 2.45) is 5.10 Å². The quantitative estimate of drug-likeness (QED) is 0.792. The molecule has 1 aliphatic heterocycles. The van der Waals surface area contributed by atoms with Crippen LogP contribution in [0.4, 0.5) is 4.39 Å². The minimum atomic E-state index is -0.260.